The third-order valence-corrected chi connectivity index (χ3v) is 3.91. The second-order valence-electron chi connectivity index (χ2n) is 4.71. The molecule has 0 spiro atoms. The van der Waals surface area contributed by atoms with Gasteiger partial charge in [-0.2, -0.15) is 0 Å². The summed E-state index contributed by atoms with van der Waals surface area (Å²) in [5.74, 6) is -0.567. The highest BCUT2D eigenvalue weighted by Crippen LogP contribution is 2.33. The molecule has 1 aromatic rings. The van der Waals surface area contributed by atoms with Gasteiger partial charge < -0.3 is 15.7 Å². The highest BCUT2D eigenvalue weighted by molar-refractivity contribution is 7.11. The van der Waals surface area contributed by atoms with E-state index in [-0.39, 0.29) is 18.5 Å². The average Bonchev–Trinajstić information content (AvgIpc) is 3.09. The fourth-order valence-corrected chi connectivity index (χ4v) is 2.63. The van der Waals surface area contributed by atoms with Crippen molar-refractivity contribution in [1.82, 2.24) is 15.6 Å². The third-order valence-electron chi connectivity index (χ3n) is 2.99. The molecule has 1 unspecified atom stereocenters. The minimum Gasteiger partial charge on any atom is -0.481 e. The Kier molecular flexibility index (Phi) is 4.36. The number of carbonyl (C=O) groups excluding carboxylic acids is 1. The van der Waals surface area contributed by atoms with Crippen molar-refractivity contribution in [2.24, 2.45) is 5.92 Å². The van der Waals surface area contributed by atoms with Crippen LogP contribution in [0.5, 0.6) is 0 Å². The summed E-state index contributed by atoms with van der Waals surface area (Å²) in [5.41, 5.74) is 0. The number of nitrogens with one attached hydrogen (secondary N) is 2. The zero-order valence-electron chi connectivity index (χ0n) is 10.7. The van der Waals surface area contributed by atoms with E-state index in [1.54, 1.807) is 6.20 Å². The summed E-state index contributed by atoms with van der Waals surface area (Å²) in [7, 11) is 0. The van der Waals surface area contributed by atoms with Gasteiger partial charge in [0, 0.05) is 17.1 Å². The Bertz CT molecular complexity index is 471. The van der Waals surface area contributed by atoms with Gasteiger partial charge in [-0.15, -0.1) is 11.3 Å². The van der Waals surface area contributed by atoms with E-state index in [1.165, 1.54) is 11.3 Å². The Hall–Kier alpha value is -1.63. The van der Waals surface area contributed by atoms with Crippen LogP contribution in [0.25, 0.3) is 0 Å². The Morgan fingerprint density at radius 2 is 2.32 bits per heavy atom. The molecule has 6 nitrogen and oxygen atoms in total. The van der Waals surface area contributed by atoms with Crippen molar-refractivity contribution < 1.29 is 14.7 Å². The number of hydrogen-bond donors (Lipinski definition) is 3. The maximum Gasteiger partial charge on any atom is 0.315 e. The summed E-state index contributed by atoms with van der Waals surface area (Å²) in [5, 5.41) is 15.2. The van der Waals surface area contributed by atoms with Crippen LogP contribution in [0.2, 0.25) is 0 Å². The Morgan fingerprint density at radius 1 is 1.58 bits per heavy atom. The summed E-state index contributed by atoms with van der Waals surface area (Å²) in [4.78, 5) is 27.5. The molecule has 2 rings (SSSR count). The summed E-state index contributed by atoms with van der Waals surface area (Å²) in [6.45, 7) is 2.33. The first-order chi connectivity index (χ1) is 9.04. The number of carboxylic acid groups (broad SMARTS) is 1. The Balaban J connectivity index is 1.77. The van der Waals surface area contributed by atoms with Crippen LogP contribution in [0, 0.1) is 12.8 Å². The van der Waals surface area contributed by atoms with Crippen LogP contribution < -0.4 is 10.6 Å². The van der Waals surface area contributed by atoms with Crippen molar-refractivity contribution in [3.8, 4) is 0 Å². The Morgan fingerprint density at radius 3 is 2.84 bits per heavy atom. The number of carboxylic acids is 1. The summed E-state index contributed by atoms with van der Waals surface area (Å²) >= 11 is 1.53. The molecule has 0 radical (unpaired) electrons. The van der Waals surface area contributed by atoms with E-state index in [0.717, 1.165) is 22.7 Å². The van der Waals surface area contributed by atoms with Crippen molar-refractivity contribution >= 4 is 23.3 Å². The van der Waals surface area contributed by atoms with Crippen LogP contribution in [0.1, 0.15) is 29.1 Å². The molecular weight excluding hydrogens is 266 g/mol. The molecule has 0 bridgehead atoms. The first-order valence-electron chi connectivity index (χ1n) is 6.22. The molecule has 0 aromatic carbocycles. The molecule has 3 N–H and O–H groups in total. The van der Waals surface area contributed by atoms with Crippen LogP contribution in [0.15, 0.2) is 6.20 Å². The van der Waals surface area contributed by atoms with Gasteiger partial charge in [0.15, 0.2) is 0 Å². The van der Waals surface area contributed by atoms with Crippen LogP contribution in [-0.4, -0.2) is 28.1 Å². The minimum absolute atomic E-state index is 0.0161. The maximum absolute atomic E-state index is 11.7. The predicted molar refractivity (Wildman–Crippen MR) is 71.0 cm³/mol. The first kappa shape index (κ1) is 13.8. The van der Waals surface area contributed by atoms with Crippen molar-refractivity contribution in [3.05, 3.63) is 16.1 Å². The smallest absolute Gasteiger partial charge is 0.315 e. The lowest BCUT2D eigenvalue weighted by Gasteiger charge is -2.16. The van der Waals surface area contributed by atoms with Crippen molar-refractivity contribution in [2.75, 3.05) is 0 Å². The van der Waals surface area contributed by atoms with Crippen molar-refractivity contribution in [1.29, 1.82) is 0 Å². The van der Waals surface area contributed by atoms with Gasteiger partial charge in [0.25, 0.3) is 0 Å². The van der Waals surface area contributed by atoms with Crippen molar-refractivity contribution in [2.45, 2.75) is 38.8 Å². The molecule has 0 saturated heterocycles. The molecule has 1 aromatic heterocycles. The van der Waals surface area contributed by atoms with Crippen LogP contribution >= 0.6 is 11.3 Å². The van der Waals surface area contributed by atoms with Crippen LogP contribution in [-0.2, 0) is 11.3 Å². The molecule has 1 aliphatic carbocycles. The first-order valence-corrected chi connectivity index (χ1v) is 7.03. The largest absolute Gasteiger partial charge is 0.481 e. The van der Waals surface area contributed by atoms with Gasteiger partial charge in [-0.3, -0.25) is 4.79 Å². The molecule has 1 aliphatic rings. The number of aliphatic carboxylic acids is 1. The lowest BCUT2D eigenvalue weighted by molar-refractivity contribution is -0.137. The monoisotopic (exact) mass is 283 g/mol. The zero-order chi connectivity index (χ0) is 13.8. The quantitative estimate of drug-likeness (QED) is 0.738. The normalized spacial score (nSPS) is 15.8. The lowest BCUT2D eigenvalue weighted by Crippen LogP contribution is -2.43. The van der Waals surface area contributed by atoms with E-state index in [2.05, 4.69) is 15.6 Å². The van der Waals surface area contributed by atoms with E-state index in [0.29, 0.717) is 12.5 Å². The summed E-state index contributed by atoms with van der Waals surface area (Å²) in [6.07, 6.45) is 3.70. The van der Waals surface area contributed by atoms with E-state index >= 15 is 0 Å². The van der Waals surface area contributed by atoms with Crippen molar-refractivity contribution in [3.63, 3.8) is 0 Å². The molecule has 0 aliphatic heterocycles. The van der Waals surface area contributed by atoms with Gasteiger partial charge in [-0.1, -0.05) is 0 Å². The number of urea groups is 1. The number of aromatic nitrogens is 1. The number of thiazole rings is 1. The topological polar surface area (TPSA) is 91.3 Å². The van der Waals surface area contributed by atoms with E-state index < -0.39 is 5.97 Å². The molecule has 1 saturated carbocycles. The lowest BCUT2D eigenvalue weighted by atomic mass is 10.1. The third kappa shape index (κ3) is 4.51. The van der Waals surface area contributed by atoms with E-state index in [9.17, 15) is 9.59 Å². The van der Waals surface area contributed by atoms with Crippen LogP contribution in [0.3, 0.4) is 0 Å². The van der Waals surface area contributed by atoms with Gasteiger partial charge in [0.05, 0.1) is 18.0 Å². The second-order valence-corrected chi connectivity index (χ2v) is 6.03. The minimum atomic E-state index is -0.879. The molecule has 104 valence electrons. The molecule has 1 fully saturated rings. The molecule has 1 heterocycles. The molecule has 2 amide bonds. The molecule has 7 heteroatoms. The predicted octanol–water partition coefficient (Wildman–Crippen LogP) is 1.50. The molecule has 1 atom stereocenters. The van der Waals surface area contributed by atoms with Gasteiger partial charge in [0.1, 0.15) is 0 Å². The number of nitrogens with zero attached hydrogens (tertiary/aromatic N) is 1. The second kappa shape index (κ2) is 6.01. The number of hydrogen-bond acceptors (Lipinski definition) is 4. The fourth-order valence-electron chi connectivity index (χ4n) is 1.90. The number of amides is 2. The standard InChI is InChI=1S/C12H17N3O3S/c1-7-13-5-9(19-7)6-14-12(18)15-10(4-11(16)17)8-2-3-8/h5,8,10H,2-4,6H2,1H3,(H,16,17)(H2,14,15,18). The van der Waals surface area contributed by atoms with Gasteiger partial charge in [0.2, 0.25) is 0 Å². The highest BCUT2D eigenvalue weighted by Gasteiger charge is 2.33. The molecular formula is C12H17N3O3S. The summed E-state index contributed by atoms with van der Waals surface area (Å²) in [6, 6.07) is -0.579. The van der Waals surface area contributed by atoms with E-state index in [1.807, 2.05) is 6.92 Å². The summed E-state index contributed by atoms with van der Waals surface area (Å²) < 4.78 is 0. The number of rotatable bonds is 6. The van der Waals surface area contributed by atoms with Gasteiger partial charge in [-0.25, -0.2) is 9.78 Å². The number of carbonyl (C=O) groups is 2. The fraction of sp³-hybridized carbons (Fsp3) is 0.583. The van der Waals surface area contributed by atoms with Gasteiger partial charge >= 0.3 is 12.0 Å². The van der Waals surface area contributed by atoms with Gasteiger partial charge in [-0.05, 0) is 25.7 Å². The van der Waals surface area contributed by atoms with E-state index in [4.69, 9.17) is 5.11 Å². The molecule has 19 heavy (non-hydrogen) atoms. The number of aryl methyl sites for hydroxylation is 1. The Labute approximate surface area is 115 Å². The highest BCUT2D eigenvalue weighted by atomic mass is 32.1. The SMILES string of the molecule is Cc1ncc(CNC(=O)NC(CC(=O)O)C2CC2)s1. The maximum atomic E-state index is 11.7. The zero-order valence-corrected chi connectivity index (χ0v) is 11.5. The van der Waals surface area contributed by atoms with Crippen LogP contribution in [0.4, 0.5) is 4.79 Å². The average molecular weight is 283 g/mol.